The molecule has 9 heteroatoms. The molecule has 0 bridgehead atoms. The van der Waals surface area contributed by atoms with Crippen molar-refractivity contribution >= 4 is 21.7 Å². The van der Waals surface area contributed by atoms with Gasteiger partial charge in [-0.25, -0.2) is 13.4 Å². The SMILES string of the molecule is COc1nc(C)cc(NC(=O)CN(C)S(C)(=O)=O)n1. The Balaban J connectivity index is 2.75. The van der Waals surface area contributed by atoms with Crippen molar-refractivity contribution in [3.8, 4) is 6.01 Å². The minimum absolute atomic E-state index is 0.131. The van der Waals surface area contributed by atoms with Gasteiger partial charge in [-0.1, -0.05) is 0 Å². The van der Waals surface area contributed by atoms with Crippen LogP contribution in [0.15, 0.2) is 6.07 Å². The van der Waals surface area contributed by atoms with E-state index in [1.807, 2.05) is 0 Å². The van der Waals surface area contributed by atoms with Crippen LogP contribution in [0.5, 0.6) is 6.01 Å². The molecule has 0 atom stereocenters. The van der Waals surface area contributed by atoms with Crippen LogP contribution < -0.4 is 10.1 Å². The molecule has 0 unspecified atom stereocenters. The van der Waals surface area contributed by atoms with Gasteiger partial charge in [0.15, 0.2) is 0 Å². The van der Waals surface area contributed by atoms with Crippen LogP contribution in [0.25, 0.3) is 0 Å². The molecule has 1 aromatic rings. The Labute approximate surface area is 111 Å². The first-order chi connectivity index (χ1) is 8.72. The lowest BCUT2D eigenvalue weighted by Crippen LogP contribution is -2.34. The van der Waals surface area contributed by atoms with Crippen molar-refractivity contribution in [3.63, 3.8) is 0 Å². The summed E-state index contributed by atoms with van der Waals surface area (Å²) in [5.74, 6) is -0.232. The molecule has 0 aliphatic heterocycles. The molecule has 0 aromatic carbocycles. The zero-order chi connectivity index (χ0) is 14.6. The summed E-state index contributed by atoms with van der Waals surface area (Å²) in [4.78, 5) is 19.6. The summed E-state index contributed by atoms with van der Waals surface area (Å²) < 4.78 is 28.2. The normalized spacial score (nSPS) is 11.4. The molecule has 0 radical (unpaired) electrons. The van der Waals surface area contributed by atoms with E-state index in [9.17, 15) is 13.2 Å². The number of hydrogen-bond acceptors (Lipinski definition) is 6. The van der Waals surface area contributed by atoms with Crippen molar-refractivity contribution < 1.29 is 17.9 Å². The van der Waals surface area contributed by atoms with E-state index >= 15 is 0 Å². The number of nitrogens with one attached hydrogen (secondary N) is 1. The molecule has 1 rings (SSSR count). The average molecular weight is 288 g/mol. The Morgan fingerprint density at radius 3 is 2.63 bits per heavy atom. The largest absolute Gasteiger partial charge is 0.467 e. The molecule has 0 saturated carbocycles. The van der Waals surface area contributed by atoms with Crippen LogP contribution in [0.3, 0.4) is 0 Å². The number of likely N-dealkylation sites (N-methyl/N-ethyl adjacent to an activating group) is 1. The average Bonchev–Trinajstić information content (AvgIpc) is 2.26. The fourth-order valence-corrected chi connectivity index (χ4v) is 1.55. The van der Waals surface area contributed by atoms with Crippen LogP contribution in [0.1, 0.15) is 5.69 Å². The first-order valence-electron chi connectivity index (χ1n) is 5.33. The van der Waals surface area contributed by atoms with Gasteiger partial charge in [-0.15, -0.1) is 0 Å². The van der Waals surface area contributed by atoms with Crippen LogP contribution in [-0.4, -0.2) is 55.6 Å². The Morgan fingerprint density at radius 1 is 1.47 bits per heavy atom. The summed E-state index contributed by atoms with van der Waals surface area (Å²) in [6.07, 6.45) is 1.03. The predicted molar refractivity (Wildman–Crippen MR) is 69.4 cm³/mol. The number of anilines is 1. The van der Waals surface area contributed by atoms with Gasteiger partial charge in [-0.2, -0.15) is 9.29 Å². The maximum atomic E-state index is 11.7. The van der Waals surface area contributed by atoms with E-state index in [0.717, 1.165) is 10.6 Å². The minimum atomic E-state index is -3.40. The number of carbonyl (C=O) groups excluding carboxylic acids is 1. The van der Waals surface area contributed by atoms with E-state index in [1.165, 1.54) is 14.2 Å². The lowest BCUT2D eigenvalue weighted by atomic mass is 10.4. The second-order valence-corrected chi connectivity index (χ2v) is 6.04. The van der Waals surface area contributed by atoms with Crippen molar-refractivity contribution in [3.05, 3.63) is 11.8 Å². The van der Waals surface area contributed by atoms with Gasteiger partial charge >= 0.3 is 6.01 Å². The van der Waals surface area contributed by atoms with E-state index in [2.05, 4.69) is 15.3 Å². The van der Waals surface area contributed by atoms with Crippen LogP contribution >= 0.6 is 0 Å². The predicted octanol–water partition coefficient (Wildman–Crippen LogP) is -0.376. The summed E-state index contributed by atoms with van der Waals surface area (Å²) in [5, 5.41) is 2.48. The standard InChI is InChI=1S/C10H16N4O4S/c1-7-5-8(13-10(11-7)18-3)12-9(15)6-14(2)19(4,16)17/h5H,6H2,1-4H3,(H,11,12,13,15). The van der Waals surface area contributed by atoms with Crippen molar-refractivity contribution in [2.75, 3.05) is 32.3 Å². The molecule has 0 aliphatic carbocycles. The highest BCUT2D eigenvalue weighted by molar-refractivity contribution is 7.88. The summed E-state index contributed by atoms with van der Waals surface area (Å²) in [5.41, 5.74) is 0.624. The number of sulfonamides is 1. The molecule has 0 saturated heterocycles. The van der Waals surface area contributed by atoms with Crippen molar-refractivity contribution in [1.82, 2.24) is 14.3 Å². The molecule has 0 fully saturated rings. The second-order valence-electron chi connectivity index (χ2n) is 3.95. The molecule has 1 aromatic heterocycles. The highest BCUT2D eigenvalue weighted by atomic mass is 32.2. The minimum Gasteiger partial charge on any atom is -0.467 e. The van der Waals surface area contributed by atoms with Crippen molar-refractivity contribution in [2.24, 2.45) is 0 Å². The Kier molecular flexibility index (Phi) is 4.78. The first kappa shape index (κ1) is 15.3. The Morgan fingerprint density at radius 2 is 2.11 bits per heavy atom. The van der Waals surface area contributed by atoms with Gasteiger partial charge < -0.3 is 10.1 Å². The van der Waals surface area contributed by atoms with Gasteiger partial charge in [-0.05, 0) is 6.92 Å². The highest BCUT2D eigenvalue weighted by Gasteiger charge is 2.15. The molecule has 1 heterocycles. The van der Waals surface area contributed by atoms with Crippen molar-refractivity contribution in [2.45, 2.75) is 6.92 Å². The molecule has 8 nitrogen and oxygen atoms in total. The van der Waals surface area contributed by atoms with Crippen LogP contribution in [0.2, 0.25) is 0 Å². The number of amides is 1. The number of aryl methyl sites for hydroxylation is 1. The zero-order valence-corrected chi connectivity index (χ0v) is 12.0. The van der Waals surface area contributed by atoms with Crippen molar-refractivity contribution in [1.29, 1.82) is 0 Å². The van der Waals surface area contributed by atoms with Gasteiger partial charge in [0.25, 0.3) is 0 Å². The highest BCUT2D eigenvalue weighted by Crippen LogP contribution is 2.10. The second kappa shape index (κ2) is 5.93. The lowest BCUT2D eigenvalue weighted by molar-refractivity contribution is -0.116. The van der Waals surface area contributed by atoms with E-state index in [1.54, 1.807) is 13.0 Å². The van der Waals surface area contributed by atoms with E-state index in [4.69, 9.17) is 4.74 Å². The van der Waals surface area contributed by atoms with E-state index in [-0.39, 0.29) is 18.4 Å². The Hall–Kier alpha value is -1.74. The summed E-state index contributed by atoms with van der Waals surface area (Å²) >= 11 is 0. The van der Waals surface area contributed by atoms with Gasteiger partial charge in [0.05, 0.1) is 19.9 Å². The van der Waals surface area contributed by atoms with Crippen LogP contribution in [0.4, 0.5) is 5.82 Å². The van der Waals surface area contributed by atoms with Gasteiger partial charge in [0.2, 0.25) is 15.9 Å². The zero-order valence-electron chi connectivity index (χ0n) is 11.2. The number of ether oxygens (including phenoxy) is 1. The van der Waals surface area contributed by atoms with E-state index < -0.39 is 15.9 Å². The summed E-state index contributed by atoms with van der Waals surface area (Å²) in [6, 6.07) is 1.69. The molecule has 1 N–H and O–H groups in total. The topological polar surface area (TPSA) is 101 Å². The van der Waals surface area contributed by atoms with Gasteiger partial charge in [0.1, 0.15) is 5.82 Å². The number of rotatable bonds is 5. The van der Waals surface area contributed by atoms with Gasteiger partial charge in [0, 0.05) is 18.8 Å². The summed E-state index contributed by atoms with van der Waals surface area (Å²) in [6.45, 7) is 1.44. The smallest absolute Gasteiger partial charge is 0.318 e. The molecule has 0 aliphatic rings. The maximum Gasteiger partial charge on any atom is 0.318 e. The third kappa shape index (κ3) is 4.79. The van der Waals surface area contributed by atoms with Gasteiger partial charge in [-0.3, -0.25) is 4.79 Å². The monoisotopic (exact) mass is 288 g/mol. The quantitative estimate of drug-likeness (QED) is 0.792. The van der Waals surface area contributed by atoms with Crippen LogP contribution in [0, 0.1) is 6.92 Å². The Bertz CT molecular complexity index is 573. The number of hydrogen-bond donors (Lipinski definition) is 1. The third-order valence-corrected chi connectivity index (χ3v) is 3.48. The molecule has 0 spiro atoms. The third-order valence-electron chi connectivity index (χ3n) is 2.22. The van der Waals surface area contributed by atoms with Crippen LogP contribution in [-0.2, 0) is 14.8 Å². The lowest BCUT2D eigenvalue weighted by Gasteiger charge is -2.13. The number of aromatic nitrogens is 2. The molecule has 1 amide bonds. The molecular formula is C10H16N4O4S. The number of nitrogens with zero attached hydrogens (tertiary/aromatic N) is 3. The first-order valence-corrected chi connectivity index (χ1v) is 7.18. The summed E-state index contributed by atoms with van der Waals surface area (Å²) in [7, 11) is -0.661. The number of carbonyl (C=O) groups is 1. The fraction of sp³-hybridized carbons (Fsp3) is 0.500. The van der Waals surface area contributed by atoms with E-state index in [0.29, 0.717) is 5.69 Å². The molecule has 19 heavy (non-hydrogen) atoms. The molecular weight excluding hydrogens is 272 g/mol. The fourth-order valence-electron chi connectivity index (χ4n) is 1.20. The maximum absolute atomic E-state index is 11.7. The number of methoxy groups -OCH3 is 1. The molecule has 106 valence electrons.